The Kier molecular flexibility index (Phi) is 6.71. The van der Waals surface area contributed by atoms with E-state index in [4.69, 9.17) is 4.74 Å². The number of anilines is 1. The van der Waals surface area contributed by atoms with Gasteiger partial charge >= 0.3 is 5.97 Å². The SMILES string of the molecule is Cc1ccc(C(=O)NCC(=O)OCC(=O)Nc2c(C)cccc2C)cc1C. The van der Waals surface area contributed by atoms with Gasteiger partial charge in [0.15, 0.2) is 6.61 Å². The number of esters is 1. The van der Waals surface area contributed by atoms with Crippen molar-refractivity contribution in [3.63, 3.8) is 0 Å². The monoisotopic (exact) mass is 368 g/mol. The van der Waals surface area contributed by atoms with E-state index in [1.54, 1.807) is 12.1 Å². The van der Waals surface area contributed by atoms with Crippen LogP contribution in [0.3, 0.4) is 0 Å². The Morgan fingerprint density at radius 2 is 1.56 bits per heavy atom. The number of nitrogens with one attached hydrogen (secondary N) is 2. The van der Waals surface area contributed by atoms with E-state index < -0.39 is 18.5 Å². The van der Waals surface area contributed by atoms with Crippen molar-refractivity contribution in [3.8, 4) is 0 Å². The normalized spacial score (nSPS) is 10.2. The van der Waals surface area contributed by atoms with Crippen LogP contribution in [0.5, 0.6) is 0 Å². The predicted molar refractivity (Wildman–Crippen MR) is 104 cm³/mol. The van der Waals surface area contributed by atoms with Gasteiger partial charge in [-0.25, -0.2) is 0 Å². The third-order valence-electron chi connectivity index (χ3n) is 4.27. The van der Waals surface area contributed by atoms with E-state index in [0.717, 1.165) is 22.3 Å². The van der Waals surface area contributed by atoms with E-state index in [2.05, 4.69) is 10.6 Å². The second kappa shape index (κ2) is 8.98. The van der Waals surface area contributed by atoms with E-state index in [1.165, 1.54) is 0 Å². The molecule has 0 atom stereocenters. The number of hydrogen-bond acceptors (Lipinski definition) is 4. The molecule has 0 fully saturated rings. The van der Waals surface area contributed by atoms with Gasteiger partial charge in [0, 0.05) is 11.3 Å². The Labute approximate surface area is 158 Å². The number of amides is 2. The van der Waals surface area contributed by atoms with Gasteiger partial charge in [0.2, 0.25) is 0 Å². The number of para-hydroxylation sites is 1. The standard InChI is InChI=1S/C21H24N2O4/c1-13-8-9-17(10-16(13)4)21(26)22-11-19(25)27-12-18(24)23-20-14(2)6-5-7-15(20)3/h5-10H,11-12H2,1-4H3,(H,22,26)(H,23,24). The quantitative estimate of drug-likeness (QED) is 0.768. The second-order valence-electron chi connectivity index (χ2n) is 6.46. The molecule has 0 saturated heterocycles. The highest BCUT2D eigenvalue weighted by molar-refractivity contribution is 5.97. The number of carbonyl (C=O) groups excluding carboxylic acids is 3. The van der Waals surface area contributed by atoms with E-state index in [0.29, 0.717) is 11.3 Å². The van der Waals surface area contributed by atoms with Gasteiger partial charge < -0.3 is 15.4 Å². The van der Waals surface area contributed by atoms with Crippen molar-refractivity contribution < 1.29 is 19.1 Å². The molecule has 6 nitrogen and oxygen atoms in total. The molecule has 0 saturated carbocycles. The summed E-state index contributed by atoms with van der Waals surface area (Å²) in [6.45, 7) is 6.93. The molecular weight excluding hydrogens is 344 g/mol. The molecule has 2 amide bonds. The lowest BCUT2D eigenvalue weighted by atomic mass is 10.1. The molecule has 6 heteroatoms. The molecule has 2 N–H and O–H groups in total. The van der Waals surface area contributed by atoms with Crippen LogP contribution in [0.2, 0.25) is 0 Å². The summed E-state index contributed by atoms with van der Waals surface area (Å²) in [7, 11) is 0. The van der Waals surface area contributed by atoms with Crippen LogP contribution in [0.15, 0.2) is 36.4 Å². The van der Waals surface area contributed by atoms with Crippen LogP contribution in [0.1, 0.15) is 32.6 Å². The molecule has 2 rings (SSSR count). The zero-order chi connectivity index (χ0) is 20.0. The lowest BCUT2D eigenvalue weighted by Gasteiger charge is -2.12. The zero-order valence-corrected chi connectivity index (χ0v) is 16.0. The van der Waals surface area contributed by atoms with Crippen LogP contribution in [0.25, 0.3) is 0 Å². The number of benzene rings is 2. The first-order chi connectivity index (χ1) is 12.8. The van der Waals surface area contributed by atoms with Gasteiger partial charge in [0.05, 0.1) is 0 Å². The van der Waals surface area contributed by atoms with Crippen molar-refractivity contribution in [2.75, 3.05) is 18.5 Å². The van der Waals surface area contributed by atoms with Crippen LogP contribution in [-0.4, -0.2) is 30.9 Å². The molecule has 0 radical (unpaired) electrons. The zero-order valence-electron chi connectivity index (χ0n) is 16.0. The molecule has 142 valence electrons. The van der Waals surface area contributed by atoms with Crippen LogP contribution in [-0.2, 0) is 14.3 Å². The minimum atomic E-state index is -0.677. The number of rotatable bonds is 6. The molecule has 2 aromatic carbocycles. The van der Waals surface area contributed by atoms with Gasteiger partial charge in [0.25, 0.3) is 11.8 Å². The summed E-state index contributed by atoms with van der Waals surface area (Å²) < 4.78 is 4.92. The Hall–Kier alpha value is -3.15. The third-order valence-corrected chi connectivity index (χ3v) is 4.27. The van der Waals surface area contributed by atoms with Crippen molar-refractivity contribution in [1.29, 1.82) is 0 Å². The van der Waals surface area contributed by atoms with Crippen molar-refractivity contribution in [2.45, 2.75) is 27.7 Å². The molecular formula is C21H24N2O4. The lowest BCUT2D eigenvalue weighted by molar-refractivity contribution is -0.146. The Balaban J connectivity index is 1.79. The summed E-state index contributed by atoms with van der Waals surface area (Å²) in [5.74, 6) is -1.47. The highest BCUT2D eigenvalue weighted by Crippen LogP contribution is 2.19. The molecule has 0 aliphatic carbocycles. The van der Waals surface area contributed by atoms with Crippen molar-refractivity contribution in [3.05, 3.63) is 64.2 Å². The summed E-state index contributed by atoms with van der Waals surface area (Å²) in [6.07, 6.45) is 0. The second-order valence-corrected chi connectivity index (χ2v) is 6.46. The average Bonchev–Trinajstić information content (AvgIpc) is 2.63. The van der Waals surface area contributed by atoms with E-state index in [-0.39, 0.29) is 12.5 Å². The fourth-order valence-electron chi connectivity index (χ4n) is 2.52. The first-order valence-corrected chi connectivity index (χ1v) is 8.65. The molecule has 27 heavy (non-hydrogen) atoms. The summed E-state index contributed by atoms with van der Waals surface area (Å²) >= 11 is 0. The first kappa shape index (κ1) is 20.2. The molecule has 0 aliphatic rings. The Bertz CT molecular complexity index is 854. The maximum absolute atomic E-state index is 12.1. The van der Waals surface area contributed by atoms with Crippen molar-refractivity contribution in [2.24, 2.45) is 0 Å². The summed E-state index contributed by atoms with van der Waals surface area (Å²) in [6, 6.07) is 11.0. The minimum absolute atomic E-state index is 0.303. The fraction of sp³-hybridized carbons (Fsp3) is 0.286. The number of hydrogen-bond donors (Lipinski definition) is 2. The molecule has 0 spiro atoms. The van der Waals surface area contributed by atoms with Gasteiger partial charge in [-0.3, -0.25) is 14.4 Å². The number of ether oxygens (including phenoxy) is 1. The molecule has 0 aromatic heterocycles. The lowest BCUT2D eigenvalue weighted by Crippen LogP contribution is -2.32. The van der Waals surface area contributed by atoms with E-state index >= 15 is 0 Å². The van der Waals surface area contributed by atoms with Gasteiger partial charge in [0.1, 0.15) is 6.54 Å². The van der Waals surface area contributed by atoms with Crippen molar-refractivity contribution >= 4 is 23.5 Å². The summed E-state index contributed by atoms with van der Waals surface area (Å²) in [4.78, 5) is 35.8. The Morgan fingerprint density at radius 1 is 0.889 bits per heavy atom. The molecule has 0 unspecified atom stereocenters. The van der Waals surface area contributed by atoms with E-state index in [9.17, 15) is 14.4 Å². The van der Waals surface area contributed by atoms with Gasteiger partial charge in [-0.2, -0.15) is 0 Å². The average molecular weight is 368 g/mol. The predicted octanol–water partition coefficient (Wildman–Crippen LogP) is 2.83. The van der Waals surface area contributed by atoms with Gasteiger partial charge in [-0.05, 0) is 62.1 Å². The van der Waals surface area contributed by atoms with Crippen molar-refractivity contribution in [1.82, 2.24) is 5.32 Å². The third kappa shape index (κ3) is 5.67. The summed E-state index contributed by atoms with van der Waals surface area (Å²) in [5, 5.41) is 5.22. The van der Waals surface area contributed by atoms with Crippen LogP contribution in [0.4, 0.5) is 5.69 Å². The molecule has 0 bridgehead atoms. The van der Waals surface area contributed by atoms with Gasteiger partial charge in [-0.1, -0.05) is 24.3 Å². The topological polar surface area (TPSA) is 84.5 Å². The van der Waals surface area contributed by atoms with E-state index in [1.807, 2.05) is 52.0 Å². The largest absolute Gasteiger partial charge is 0.454 e. The highest BCUT2D eigenvalue weighted by Gasteiger charge is 2.12. The molecule has 2 aromatic rings. The van der Waals surface area contributed by atoms with Crippen LogP contribution < -0.4 is 10.6 Å². The maximum Gasteiger partial charge on any atom is 0.325 e. The minimum Gasteiger partial charge on any atom is -0.454 e. The van der Waals surface area contributed by atoms with Crippen LogP contribution >= 0.6 is 0 Å². The molecule has 0 heterocycles. The number of aryl methyl sites for hydroxylation is 4. The first-order valence-electron chi connectivity index (χ1n) is 8.65. The highest BCUT2D eigenvalue weighted by atomic mass is 16.5. The molecule has 0 aliphatic heterocycles. The van der Waals surface area contributed by atoms with Crippen LogP contribution in [0, 0.1) is 27.7 Å². The van der Waals surface area contributed by atoms with Gasteiger partial charge in [-0.15, -0.1) is 0 Å². The number of carbonyl (C=O) groups is 3. The Morgan fingerprint density at radius 3 is 2.19 bits per heavy atom. The summed E-state index contributed by atoms with van der Waals surface area (Å²) in [5.41, 5.74) is 5.11. The fourth-order valence-corrected chi connectivity index (χ4v) is 2.52. The smallest absolute Gasteiger partial charge is 0.325 e. The maximum atomic E-state index is 12.1.